The van der Waals surface area contributed by atoms with Gasteiger partial charge in [-0.05, 0) is 37.0 Å². The van der Waals surface area contributed by atoms with Gasteiger partial charge >= 0.3 is 0 Å². The van der Waals surface area contributed by atoms with Crippen molar-refractivity contribution in [1.82, 2.24) is 30.2 Å². The van der Waals surface area contributed by atoms with E-state index in [9.17, 15) is 0 Å². The number of tetrazole rings is 1. The molecule has 7 heteroatoms. The van der Waals surface area contributed by atoms with Gasteiger partial charge in [-0.1, -0.05) is 19.3 Å². The van der Waals surface area contributed by atoms with Crippen molar-refractivity contribution in [2.75, 3.05) is 0 Å². The molecule has 1 aliphatic heterocycles. The highest BCUT2D eigenvalue weighted by atomic mass is 16.5. The molecule has 1 aliphatic carbocycles. The van der Waals surface area contributed by atoms with Gasteiger partial charge in [0.1, 0.15) is 12.0 Å². The van der Waals surface area contributed by atoms with Gasteiger partial charge in [0, 0.05) is 6.20 Å². The summed E-state index contributed by atoms with van der Waals surface area (Å²) < 4.78 is 6.35. The van der Waals surface area contributed by atoms with E-state index < -0.39 is 0 Å². The van der Waals surface area contributed by atoms with Crippen molar-refractivity contribution in [3.05, 3.63) is 18.6 Å². The molecule has 116 valence electrons. The van der Waals surface area contributed by atoms with Crippen molar-refractivity contribution in [1.29, 1.82) is 0 Å². The molecular formula is C15H20N6O. The van der Waals surface area contributed by atoms with Gasteiger partial charge in [-0.25, -0.2) is 9.97 Å². The summed E-state index contributed by atoms with van der Waals surface area (Å²) in [5.41, 5.74) is 0.830. The van der Waals surface area contributed by atoms with Crippen molar-refractivity contribution in [2.45, 2.75) is 63.2 Å². The average Bonchev–Trinajstić information content (AvgIpc) is 3.17. The molecule has 0 radical (unpaired) electrons. The Morgan fingerprint density at radius 2 is 2.14 bits per heavy atom. The van der Waals surface area contributed by atoms with Gasteiger partial charge in [-0.3, -0.25) is 0 Å². The second-order valence-electron chi connectivity index (χ2n) is 6.28. The van der Waals surface area contributed by atoms with E-state index in [2.05, 4.69) is 25.4 Å². The Hall–Kier alpha value is -1.89. The minimum atomic E-state index is 0.138. The Balaban J connectivity index is 1.41. The van der Waals surface area contributed by atoms with Crippen molar-refractivity contribution >= 4 is 0 Å². The van der Waals surface area contributed by atoms with Crippen LogP contribution in [0.3, 0.4) is 0 Å². The zero-order valence-electron chi connectivity index (χ0n) is 12.6. The molecule has 2 aromatic rings. The van der Waals surface area contributed by atoms with Gasteiger partial charge < -0.3 is 4.74 Å². The highest BCUT2D eigenvalue weighted by Gasteiger charge is 2.41. The van der Waals surface area contributed by atoms with E-state index in [1.165, 1.54) is 44.9 Å². The topological polar surface area (TPSA) is 78.6 Å². The van der Waals surface area contributed by atoms with Crippen LogP contribution in [0.25, 0.3) is 11.5 Å². The third kappa shape index (κ3) is 2.72. The predicted octanol–water partition coefficient (Wildman–Crippen LogP) is 2.01. The van der Waals surface area contributed by atoms with Crippen LogP contribution in [0.1, 0.15) is 44.9 Å². The average molecular weight is 300 g/mol. The second kappa shape index (κ2) is 5.72. The maximum Gasteiger partial charge on any atom is 0.223 e. The summed E-state index contributed by atoms with van der Waals surface area (Å²) in [6, 6.07) is 1.78. The largest absolute Gasteiger partial charge is 0.370 e. The molecule has 1 saturated heterocycles. The molecule has 2 aliphatic rings. The maximum absolute atomic E-state index is 6.35. The number of hydrogen-bond donors (Lipinski definition) is 0. The molecule has 2 aromatic heterocycles. The van der Waals surface area contributed by atoms with Crippen LogP contribution in [0, 0.1) is 0 Å². The van der Waals surface area contributed by atoms with Crippen molar-refractivity contribution in [3.8, 4) is 11.5 Å². The first-order valence-electron chi connectivity index (χ1n) is 8.05. The molecule has 0 N–H and O–H groups in total. The van der Waals surface area contributed by atoms with Gasteiger partial charge in [0.2, 0.25) is 5.82 Å². The molecule has 3 heterocycles. The SMILES string of the molecule is c1cc(-c2nnn(CC3CCC4(CCCCC4)O3)n2)ncn1. The maximum atomic E-state index is 6.35. The lowest BCUT2D eigenvalue weighted by molar-refractivity contribution is -0.0699. The molecule has 0 aromatic carbocycles. The lowest BCUT2D eigenvalue weighted by atomic mass is 9.83. The molecule has 0 amide bonds. The summed E-state index contributed by atoms with van der Waals surface area (Å²) in [7, 11) is 0. The van der Waals surface area contributed by atoms with Crippen molar-refractivity contribution in [3.63, 3.8) is 0 Å². The van der Waals surface area contributed by atoms with Gasteiger partial charge in [0.25, 0.3) is 0 Å². The van der Waals surface area contributed by atoms with Crippen LogP contribution in [-0.4, -0.2) is 41.9 Å². The van der Waals surface area contributed by atoms with Gasteiger partial charge in [-0.2, -0.15) is 4.80 Å². The molecule has 2 fully saturated rings. The number of nitrogens with zero attached hydrogens (tertiary/aromatic N) is 6. The molecule has 1 atom stereocenters. The Labute approximate surface area is 129 Å². The van der Waals surface area contributed by atoms with Crippen molar-refractivity contribution in [2.24, 2.45) is 0 Å². The van der Waals surface area contributed by atoms with Crippen LogP contribution in [0.15, 0.2) is 18.6 Å². The minimum Gasteiger partial charge on any atom is -0.370 e. The minimum absolute atomic E-state index is 0.138. The van der Waals surface area contributed by atoms with Gasteiger partial charge in [-0.15, -0.1) is 10.2 Å². The molecule has 0 bridgehead atoms. The van der Waals surface area contributed by atoms with Gasteiger partial charge in [0.15, 0.2) is 0 Å². The Morgan fingerprint density at radius 3 is 2.95 bits per heavy atom. The van der Waals surface area contributed by atoms with Crippen LogP contribution in [-0.2, 0) is 11.3 Å². The summed E-state index contributed by atoms with van der Waals surface area (Å²) in [5, 5.41) is 12.6. The smallest absolute Gasteiger partial charge is 0.223 e. The predicted molar refractivity (Wildman–Crippen MR) is 78.8 cm³/mol. The zero-order chi connectivity index (χ0) is 14.8. The van der Waals surface area contributed by atoms with E-state index in [1.807, 2.05) is 0 Å². The van der Waals surface area contributed by atoms with E-state index in [0.29, 0.717) is 18.1 Å². The molecule has 1 saturated carbocycles. The van der Waals surface area contributed by atoms with E-state index in [-0.39, 0.29) is 11.7 Å². The number of aromatic nitrogens is 6. The fourth-order valence-corrected chi connectivity index (χ4v) is 3.62. The zero-order valence-corrected chi connectivity index (χ0v) is 12.6. The Kier molecular flexibility index (Phi) is 3.57. The second-order valence-corrected chi connectivity index (χ2v) is 6.28. The van der Waals surface area contributed by atoms with Crippen LogP contribution in [0.2, 0.25) is 0 Å². The van der Waals surface area contributed by atoms with E-state index in [4.69, 9.17) is 4.74 Å². The monoisotopic (exact) mass is 300 g/mol. The van der Waals surface area contributed by atoms with Crippen molar-refractivity contribution < 1.29 is 4.74 Å². The summed E-state index contributed by atoms with van der Waals surface area (Å²) in [6.45, 7) is 0.667. The normalized spacial score (nSPS) is 23.9. The summed E-state index contributed by atoms with van der Waals surface area (Å²) in [6.07, 6.45) is 12.0. The Bertz CT molecular complexity index is 622. The van der Waals surface area contributed by atoms with E-state index in [1.54, 1.807) is 17.1 Å². The first-order valence-corrected chi connectivity index (χ1v) is 8.05. The lowest BCUT2D eigenvalue weighted by Crippen LogP contribution is -2.32. The highest BCUT2D eigenvalue weighted by Crippen LogP contribution is 2.42. The molecule has 22 heavy (non-hydrogen) atoms. The summed E-state index contributed by atoms with van der Waals surface area (Å²) in [4.78, 5) is 9.67. The molecule has 1 unspecified atom stereocenters. The van der Waals surface area contributed by atoms with E-state index in [0.717, 1.165) is 6.42 Å². The highest BCUT2D eigenvalue weighted by molar-refractivity contribution is 5.45. The Morgan fingerprint density at radius 1 is 1.23 bits per heavy atom. The van der Waals surface area contributed by atoms with Crippen LogP contribution < -0.4 is 0 Å². The summed E-state index contributed by atoms with van der Waals surface area (Å²) >= 11 is 0. The third-order valence-corrected chi connectivity index (χ3v) is 4.73. The molecule has 1 spiro atoms. The third-order valence-electron chi connectivity index (χ3n) is 4.73. The standard InChI is InChI=1S/C15H20N6O/c1-2-6-15(7-3-1)8-4-12(22-15)10-21-19-14(18-20-21)13-5-9-16-11-17-13/h5,9,11-12H,1-4,6-8,10H2. The van der Waals surface area contributed by atoms with E-state index >= 15 is 0 Å². The van der Waals surface area contributed by atoms with Gasteiger partial charge in [0.05, 0.1) is 18.2 Å². The van der Waals surface area contributed by atoms with Crippen LogP contribution in [0.4, 0.5) is 0 Å². The quantitative estimate of drug-likeness (QED) is 0.863. The number of rotatable bonds is 3. The fourth-order valence-electron chi connectivity index (χ4n) is 3.62. The number of hydrogen-bond acceptors (Lipinski definition) is 6. The molecule has 4 rings (SSSR count). The number of ether oxygens (including phenoxy) is 1. The lowest BCUT2D eigenvalue weighted by Gasteiger charge is -2.33. The first-order chi connectivity index (χ1) is 10.8. The fraction of sp³-hybridized carbons (Fsp3) is 0.667. The van der Waals surface area contributed by atoms with Crippen LogP contribution in [0.5, 0.6) is 0 Å². The molecular weight excluding hydrogens is 280 g/mol. The molecule has 7 nitrogen and oxygen atoms in total. The van der Waals surface area contributed by atoms with Crippen LogP contribution >= 0.6 is 0 Å². The first kappa shape index (κ1) is 13.8. The summed E-state index contributed by atoms with van der Waals surface area (Å²) in [5.74, 6) is 0.535.